The van der Waals surface area contributed by atoms with E-state index in [0.29, 0.717) is 0 Å². The van der Waals surface area contributed by atoms with Gasteiger partial charge in [0.2, 0.25) is 0 Å². The van der Waals surface area contributed by atoms with Crippen LogP contribution in [0.15, 0.2) is 0 Å². The summed E-state index contributed by atoms with van der Waals surface area (Å²) >= 11 is 0. The SMILES string of the molecule is [Au].[Au].[La+3].[La+3].[O-2].[O-2].[O-2]. The summed E-state index contributed by atoms with van der Waals surface area (Å²) < 4.78 is 0. The van der Waals surface area contributed by atoms with Gasteiger partial charge in [0.25, 0.3) is 0 Å². The van der Waals surface area contributed by atoms with E-state index in [4.69, 9.17) is 0 Å². The summed E-state index contributed by atoms with van der Waals surface area (Å²) in [6, 6.07) is 0. The van der Waals surface area contributed by atoms with Gasteiger partial charge in [-0.3, -0.25) is 0 Å². The normalized spacial score (nSPS) is 0. The Labute approximate surface area is 129 Å². The molecule has 3 nitrogen and oxygen atoms in total. The molecule has 2 radical (unpaired) electrons. The van der Waals surface area contributed by atoms with Gasteiger partial charge in [-0.25, -0.2) is 0 Å². The second-order valence-electron chi connectivity index (χ2n) is 0. The molecular formula is Au2La2O3. The molecule has 0 spiro atoms. The average molecular weight is 720 g/mol. The van der Waals surface area contributed by atoms with Gasteiger partial charge in [0.05, 0.1) is 0 Å². The van der Waals surface area contributed by atoms with E-state index in [0.717, 1.165) is 0 Å². The monoisotopic (exact) mass is 720 g/mol. The maximum Gasteiger partial charge on any atom is 3.00 e. The predicted octanol–water partition coefficient (Wildman–Crippen LogP) is -0.361. The summed E-state index contributed by atoms with van der Waals surface area (Å²) in [5.74, 6) is 0. The number of hydrogen-bond donors (Lipinski definition) is 0. The van der Waals surface area contributed by atoms with Gasteiger partial charge in [0.1, 0.15) is 0 Å². The number of hydrogen-bond acceptors (Lipinski definition) is 0. The van der Waals surface area contributed by atoms with E-state index in [1.165, 1.54) is 0 Å². The van der Waals surface area contributed by atoms with Gasteiger partial charge in [0, 0.05) is 44.8 Å². The van der Waals surface area contributed by atoms with Crippen LogP contribution in [0.4, 0.5) is 0 Å². The minimum atomic E-state index is 0. The van der Waals surface area contributed by atoms with Crippen LogP contribution in [-0.4, -0.2) is 0 Å². The third-order valence-corrected chi connectivity index (χ3v) is 0. The van der Waals surface area contributed by atoms with Crippen molar-refractivity contribution in [1.29, 1.82) is 0 Å². The zero-order chi connectivity index (χ0) is 0. The van der Waals surface area contributed by atoms with E-state index in [1.54, 1.807) is 0 Å². The van der Waals surface area contributed by atoms with E-state index < -0.39 is 0 Å². The topological polar surface area (TPSA) is 85.5 Å². The molecule has 0 aliphatic heterocycles. The second-order valence-corrected chi connectivity index (χ2v) is 0. The van der Waals surface area contributed by atoms with Crippen molar-refractivity contribution in [3.8, 4) is 0 Å². The van der Waals surface area contributed by atoms with Crippen molar-refractivity contribution in [2.24, 2.45) is 0 Å². The predicted molar refractivity (Wildman–Crippen MR) is 2.06 cm³/mol. The molecule has 0 N–H and O–H groups in total. The van der Waals surface area contributed by atoms with Crippen LogP contribution >= 0.6 is 0 Å². The van der Waals surface area contributed by atoms with Crippen LogP contribution in [0.25, 0.3) is 0 Å². The molecule has 46 valence electrons. The smallest absolute Gasteiger partial charge is 2.00 e. The molecule has 0 rings (SSSR count). The Morgan fingerprint density at radius 1 is 0.429 bits per heavy atom. The molecule has 0 aromatic heterocycles. The molecule has 0 aromatic rings. The molecule has 0 amide bonds. The molecule has 7 heteroatoms. The summed E-state index contributed by atoms with van der Waals surface area (Å²) in [7, 11) is 0. The van der Waals surface area contributed by atoms with Crippen molar-refractivity contribution in [3.63, 3.8) is 0 Å². The third-order valence-electron chi connectivity index (χ3n) is 0. The fraction of sp³-hybridized carbons (Fsp3) is 0. The first-order valence-corrected chi connectivity index (χ1v) is 0. The van der Waals surface area contributed by atoms with Gasteiger partial charge in [-0.05, 0) is 0 Å². The first-order chi connectivity index (χ1) is 0. The first kappa shape index (κ1) is 72.7. The Morgan fingerprint density at radius 2 is 0.429 bits per heavy atom. The zero-order valence-electron chi connectivity index (χ0n) is 2.98. The molecule has 0 saturated carbocycles. The van der Waals surface area contributed by atoms with Crippen LogP contribution in [0.5, 0.6) is 0 Å². The van der Waals surface area contributed by atoms with E-state index in [1.807, 2.05) is 0 Å². The molecule has 7 heavy (non-hydrogen) atoms. The summed E-state index contributed by atoms with van der Waals surface area (Å²) in [6.45, 7) is 0. The van der Waals surface area contributed by atoms with Crippen molar-refractivity contribution in [2.45, 2.75) is 0 Å². The van der Waals surface area contributed by atoms with Gasteiger partial charge in [-0.1, -0.05) is 0 Å². The van der Waals surface area contributed by atoms with Crippen LogP contribution in [0.3, 0.4) is 0 Å². The largest absolute Gasteiger partial charge is 3.00 e. The number of rotatable bonds is 0. The molecule has 0 saturated heterocycles. The van der Waals surface area contributed by atoms with E-state index in [2.05, 4.69) is 0 Å². The Balaban J connectivity index is 0. The second kappa shape index (κ2) is 53.1. The van der Waals surface area contributed by atoms with Gasteiger partial charge in [-0.15, -0.1) is 0 Å². The van der Waals surface area contributed by atoms with Crippen LogP contribution in [0.2, 0.25) is 0 Å². The maximum atomic E-state index is 0. The van der Waals surface area contributed by atoms with Gasteiger partial charge in [0.15, 0.2) is 0 Å². The Bertz CT molecular complexity index is 10.9. The Kier molecular flexibility index (Phi) is 551. The molecule has 0 aromatic carbocycles. The average Bonchev–Trinajstić information content (AvgIpc) is 0. The molecular weight excluding hydrogens is 720 g/mol. The van der Waals surface area contributed by atoms with Crippen molar-refractivity contribution in [3.05, 3.63) is 0 Å². The summed E-state index contributed by atoms with van der Waals surface area (Å²) in [5.41, 5.74) is 0. The van der Waals surface area contributed by atoms with Gasteiger partial charge >= 0.3 is 71.2 Å². The first-order valence-electron chi connectivity index (χ1n) is 0. The van der Waals surface area contributed by atoms with Gasteiger partial charge < -0.3 is 16.4 Å². The fourth-order valence-electron chi connectivity index (χ4n) is 0. The molecule has 0 unspecified atom stereocenters. The third kappa shape index (κ3) is 41.6. The minimum Gasteiger partial charge on any atom is -2.00 e. The maximum absolute atomic E-state index is 0. The van der Waals surface area contributed by atoms with Crippen molar-refractivity contribution < 1.29 is 132 Å². The molecule has 0 heterocycles. The molecule has 0 aliphatic rings. The van der Waals surface area contributed by atoms with Crippen LogP contribution < -0.4 is 0 Å². The van der Waals surface area contributed by atoms with Crippen molar-refractivity contribution >= 4 is 0 Å². The summed E-state index contributed by atoms with van der Waals surface area (Å²) in [4.78, 5) is 0. The minimum absolute atomic E-state index is 0. The van der Waals surface area contributed by atoms with Crippen molar-refractivity contribution in [1.82, 2.24) is 0 Å². The molecule has 0 atom stereocenters. The van der Waals surface area contributed by atoms with E-state index in [-0.39, 0.29) is 132 Å². The molecule has 0 bridgehead atoms. The van der Waals surface area contributed by atoms with E-state index in [9.17, 15) is 0 Å². The summed E-state index contributed by atoms with van der Waals surface area (Å²) in [6.07, 6.45) is 0. The quantitative estimate of drug-likeness (QED) is 0.307. The van der Waals surface area contributed by atoms with Crippen LogP contribution in [-0.2, 0) is 61.2 Å². The van der Waals surface area contributed by atoms with Crippen LogP contribution in [0.1, 0.15) is 0 Å². The fourth-order valence-corrected chi connectivity index (χ4v) is 0. The molecule has 0 fully saturated rings. The van der Waals surface area contributed by atoms with E-state index >= 15 is 0 Å². The standard InChI is InChI=1S/2Au.2La.3O/q;;2*+3;3*-2. The Morgan fingerprint density at radius 3 is 0.429 bits per heavy atom. The van der Waals surface area contributed by atoms with Crippen molar-refractivity contribution in [2.75, 3.05) is 0 Å². The van der Waals surface area contributed by atoms with Crippen LogP contribution in [0, 0.1) is 71.2 Å². The Hall–Kier alpha value is 3.75. The zero-order valence-corrected chi connectivity index (χ0v) is 14.6. The van der Waals surface area contributed by atoms with Gasteiger partial charge in [-0.2, -0.15) is 0 Å². The summed E-state index contributed by atoms with van der Waals surface area (Å²) in [5, 5.41) is 0. The molecule has 0 aliphatic carbocycles.